The number of aryl methyl sites for hydroxylation is 1. The number of furan rings is 1. The van der Waals surface area contributed by atoms with Gasteiger partial charge < -0.3 is 9.52 Å². The highest BCUT2D eigenvalue weighted by atomic mass is 19.2. The van der Waals surface area contributed by atoms with Crippen molar-refractivity contribution in [3.63, 3.8) is 0 Å². The second-order valence-corrected chi connectivity index (χ2v) is 4.55. The average Bonchev–Trinajstić information content (AvgIpc) is 2.85. The predicted octanol–water partition coefficient (Wildman–Crippen LogP) is 3.78. The van der Waals surface area contributed by atoms with E-state index in [0.717, 1.165) is 12.1 Å². The van der Waals surface area contributed by atoms with Crippen molar-refractivity contribution in [1.29, 1.82) is 0 Å². The van der Waals surface area contributed by atoms with Crippen LogP contribution in [0.15, 0.2) is 34.7 Å². The number of pyridine rings is 1. The van der Waals surface area contributed by atoms with Crippen LogP contribution in [0.4, 0.5) is 8.78 Å². The van der Waals surface area contributed by atoms with Gasteiger partial charge in [-0.3, -0.25) is 0 Å². The molecule has 106 valence electrons. The van der Waals surface area contributed by atoms with Gasteiger partial charge in [-0.15, -0.1) is 0 Å². The SMILES string of the molecule is Cc1ccc(-c2cc(C(=O)O)c3cc(F)c(F)cc3n2)o1. The Kier molecular flexibility index (Phi) is 2.94. The van der Waals surface area contributed by atoms with E-state index < -0.39 is 17.6 Å². The highest BCUT2D eigenvalue weighted by Gasteiger charge is 2.17. The van der Waals surface area contributed by atoms with Gasteiger partial charge in [0.05, 0.1) is 11.1 Å². The van der Waals surface area contributed by atoms with Crippen LogP contribution in [0.25, 0.3) is 22.4 Å². The number of aromatic nitrogens is 1. The zero-order chi connectivity index (χ0) is 15.1. The Morgan fingerprint density at radius 2 is 1.90 bits per heavy atom. The molecule has 0 saturated carbocycles. The lowest BCUT2D eigenvalue weighted by Gasteiger charge is -2.06. The lowest BCUT2D eigenvalue weighted by molar-refractivity contribution is 0.0699. The van der Waals surface area contributed by atoms with Crippen molar-refractivity contribution in [2.45, 2.75) is 6.92 Å². The molecule has 6 heteroatoms. The maximum atomic E-state index is 13.3. The van der Waals surface area contributed by atoms with Crippen LogP contribution in [-0.4, -0.2) is 16.1 Å². The summed E-state index contributed by atoms with van der Waals surface area (Å²) >= 11 is 0. The van der Waals surface area contributed by atoms with Gasteiger partial charge in [0.15, 0.2) is 17.4 Å². The second-order valence-electron chi connectivity index (χ2n) is 4.55. The smallest absolute Gasteiger partial charge is 0.336 e. The molecule has 0 amide bonds. The van der Waals surface area contributed by atoms with Crippen LogP contribution in [0.1, 0.15) is 16.1 Å². The summed E-state index contributed by atoms with van der Waals surface area (Å²) in [7, 11) is 0. The summed E-state index contributed by atoms with van der Waals surface area (Å²) in [6.45, 7) is 1.73. The van der Waals surface area contributed by atoms with Gasteiger partial charge in [0.2, 0.25) is 0 Å². The fraction of sp³-hybridized carbons (Fsp3) is 0.0667. The number of halogens is 2. The molecule has 0 aliphatic rings. The van der Waals surface area contributed by atoms with Crippen LogP contribution >= 0.6 is 0 Å². The number of carbonyl (C=O) groups is 1. The number of nitrogens with zero attached hydrogens (tertiary/aromatic N) is 1. The first-order valence-electron chi connectivity index (χ1n) is 6.05. The Morgan fingerprint density at radius 3 is 2.52 bits per heavy atom. The Morgan fingerprint density at radius 1 is 1.19 bits per heavy atom. The minimum Gasteiger partial charge on any atom is -0.478 e. The van der Waals surface area contributed by atoms with E-state index in [0.29, 0.717) is 11.5 Å². The van der Waals surface area contributed by atoms with E-state index in [-0.39, 0.29) is 22.2 Å². The van der Waals surface area contributed by atoms with E-state index in [1.165, 1.54) is 6.07 Å². The molecular weight excluding hydrogens is 280 g/mol. The van der Waals surface area contributed by atoms with Gasteiger partial charge in [-0.2, -0.15) is 0 Å². The first-order valence-corrected chi connectivity index (χ1v) is 6.05. The number of hydrogen-bond acceptors (Lipinski definition) is 3. The van der Waals surface area contributed by atoms with Gasteiger partial charge in [0.1, 0.15) is 11.5 Å². The number of aromatic carboxylic acids is 1. The molecule has 0 spiro atoms. The number of benzene rings is 1. The van der Waals surface area contributed by atoms with E-state index >= 15 is 0 Å². The van der Waals surface area contributed by atoms with Crippen LogP contribution < -0.4 is 0 Å². The molecule has 2 aromatic heterocycles. The minimum absolute atomic E-state index is 0.0356. The third-order valence-corrected chi connectivity index (χ3v) is 3.07. The lowest BCUT2D eigenvalue weighted by atomic mass is 10.1. The Balaban J connectivity index is 2.34. The molecule has 1 N–H and O–H groups in total. The Labute approximate surface area is 117 Å². The third kappa shape index (κ3) is 2.24. The van der Waals surface area contributed by atoms with E-state index in [1.807, 2.05) is 0 Å². The molecule has 2 heterocycles. The zero-order valence-corrected chi connectivity index (χ0v) is 10.9. The summed E-state index contributed by atoms with van der Waals surface area (Å²) in [5.41, 5.74) is 0.139. The molecule has 0 aliphatic heterocycles. The molecule has 0 saturated heterocycles. The van der Waals surface area contributed by atoms with Crippen molar-refractivity contribution in [2.75, 3.05) is 0 Å². The highest BCUT2D eigenvalue weighted by molar-refractivity contribution is 6.03. The molecule has 0 aliphatic carbocycles. The number of fused-ring (bicyclic) bond motifs is 1. The topological polar surface area (TPSA) is 63.3 Å². The molecule has 0 unspecified atom stereocenters. The largest absolute Gasteiger partial charge is 0.478 e. The Bertz CT molecular complexity index is 871. The van der Waals surface area contributed by atoms with Crippen molar-refractivity contribution >= 4 is 16.9 Å². The molecule has 3 rings (SSSR count). The maximum Gasteiger partial charge on any atom is 0.336 e. The molecule has 1 aromatic carbocycles. The van der Waals surface area contributed by atoms with Gasteiger partial charge in [0.25, 0.3) is 0 Å². The highest BCUT2D eigenvalue weighted by Crippen LogP contribution is 2.27. The van der Waals surface area contributed by atoms with Crippen LogP contribution in [0.3, 0.4) is 0 Å². The molecule has 4 nitrogen and oxygen atoms in total. The number of hydrogen-bond donors (Lipinski definition) is 1. The molecular formula is C15H9F2NO3. The Hall–Kier alpha value is -2.76. The molecule has 0 radical (unpaired) electrons. The number of carboxylic acid groups (broad SMARTS) is 1. The number of carboxylic acids is 1. The molecule has 21 heavy (non-hydrogen) atoms. The van der Waals surface area contributed by atoms with E-state index in [4.69, 9.17) is 4.42 Å². The fourth-order valence-corrected chi connectivity index (χ4v) is 2.10. The van der Waals surface area contributed by atoms with E-state index in [9.17, 15) is 18.7 Å². The minimum atomic E-state index is -1.25. The van der Waals surface area contributed by atoms with Gasteiger partial charge in [-0.25, -0.2) is 18.6 Å². The van der Waals surface area contributed by atoms with Crippen LogP contribution in [0.5, 0.6) is 0 Å². The van der Waals surface area contributed by atoms with Gasteiger partial charge in [0, 0.05) is 11.5 Å². The predicted molar refractivity (Wildman–Crippen MR) is 71.1 cm³/mol. The van der Waals surface area contributed by atoms with Crippen LogP contribution in [-0.2, 0) is 0 Å². The molecule has 0 bridgehead atoms. The van der Waals surface area contributed by atoms with Crippen LogP contribution in [0, 0.1) is 18.6 Å². The first kappa shape index (κ1) is 13.2. The van der Waals surface area contributed by atoms with Crippen molar-refractivity contribution in [1.82, 2.24) is 4.98 Å². The van der Waals surface area contributed by atoms with Gasteiger partial charge >= 0.3 is 5.97 Å². The zero-order valence-electron chi connectivity index (χ0n) is 10.9. The monoisotopic (exact) mass is 289 g/mol. The van der Waals surface area contributed by atoms with Crippen LogP contribution in [0.2, 0.25) is 0 Å². The van der Waals surface area contributed by atoms with E-state index in [1.54, 1.807) is 19.1 Å². The summed E-state index contributed by atoms with van der Waals surface area (Å²) in [6, 6.07) is 6.32. The van der Waals surface area contributed by atoms with Crippen molar-refractivity contribution in [3.8, 4) is 11.5 Å². The first-order chi connectivity index (χ1) is 9.95. The normalized spacial score (nSPS) is 11.0. The molecule has 3 aromatic rings. The van der Waals surface area contributed by atoms with Crippen molar-refractivity contribution in [2.24, 2.45) is 0 Å². The summed E-state index contributed by atoms with van der Waals surface area (Å²) in [6.07, 6.45) is 0. The summed E-state index contributed by atoms with van der Waals surface area (Å²) in [4.78, 5) is 15.5. The third-order valence-electron chi connectivity index (χ3n) is 3.07. The summed E-state index contributed by atoms with van der Waals surface area (Å²) in [5, 5.41) is 9.28. The average molecular weight is 289 g/mol. The second kappa shape index (κ2) is 4.66. The van der Waals surface area contributed by atoms with Crippen molar-refractivity contribution < 1.29 is 23.1 Å². The van der Waals surface area contributed by atoms with Crippen molar-refractivity contribution in [3.05, 3.63) is 53.3 Å². The number of rotatable bonds is 2. The standard InChI is InChI=1S/C15H9F2NO3/c1-7-2-3-14(21-7)13-5-9(15(19)20)8-4-10(16)11(17)6-12(8)18-13/h2-6H,1H3,(H,19,20). The van der Waals surface area contributed by atoms with E-state index in [2.05, 4.69) is 4.98 Å². The van der Waals surface area contributed by atoms with Gasteiger partial charge in [-0.05, 0) is 31.2 Å². The van der Waals surface area contributed by atoms with Gasteiger partial charge in [-0.1, -0.05) is 0 Å². The quantitative estimate of drug-likeness (QED) is 0.779. The fourth-order valence-electron chi connectivity index (χ4n) is 2.10. The maximum absolute atomic E-state index is 13.3. The summed E-state index contributed by atoms with van der Waals surface area (Å²) in [5.74, 6) is -2.46. The molecule has 0 fully saturated rings. The summed E-state index contributed by atoms with van der Waals surface area (Å²) < 4.78 is 32.0. The lowest BCUT2D eigenvalue weighted by Crippen LogP contribution is -2.01. The molecule has 0 atom stereocenters.